The summed E-state index contributed by atoms with van der Waals surface area (Å²) >= 11 is 19.9. The Morgan fingerprint density at radius 1 is 0.596 bits per heavy atom. The molecule has 0 nitrogen and oxygen atoms in total. The van der Waals surface area contributed by atoms with Crippen molar-refractivity contribution in [2.24, 2.45) is 0 Å². The molecule has 6 atom stereocenters. The lowest BCUT2D eigenvalue weighted by Crippen LogP contribution is -2.84. The molecular formula is C50H45BrCl2F4. The lowest BCUT2D eigenvalue weighted by molar-refractivity contribution is -0.216. The topological polar surface area (TPSA) is 0 Å². The highest BCUT2D eigenvalue weighted by Gasteiger charge is 2.90. The van der Waals surface area contributed by atoms with Gasteiger partial charge >= 0.3 is 6.18 Å². The van der Waals surface area contributed by atoms with Crippen LogP contribution in [0.4, 0.5) is 17.6 Å². The second-order valence-corrected chi connectivity index (χ2v) is 17.9. The van der Waals surface area contributed by atoms with Crippen molar-refractivity contribution in [3.05, 3.63) is 213 Å². The van der Waals surface area contributed by atoms with Crippen LogP contribution in [0, 0.1) is 20.8 Å². The smallest absolute Gasteiger partial charge is 0.236 e. The van der Waals surface area contributed by atoms with Gasteiger partial charge in [0.1, 0.15) is 4.32 Å². The van der Waals surface area contributed by atoms with Gasteiger partial charge in [-0.25, -0.2) is 4.39 Å². The summed E-state index contributed by atoms with van der Waals surface area (Å²) < 4.78 is 71.5. The molecule has 57 heavy (non-hydrogen) atoms. The van der Waals surface area contributed by atoms with Crippen LogP contribution in [0.3, 0.4) is 0 Å². The Morgan fingerprint density at radius 3 is 1.54 bits per heavy atom. The van der Waals surface area contributed by atoms with Gasteiger partial charge in [0, 0.05) is 11.8 Å². The van der Waals surface area contributed by atoms with Gasteiger partial charge in [0.05, 0.1) is 15.7 Å². The molecule has 0 radical (unpaired) electrons. The van der Waals surface area contributed by atoms with E-state index in [4.69, 9.17) is 23.2 Å². The fourth-order valence-electron chi connectivity index (χ4n) is 10.4. The first-order valence-corrected chi connectivity index (χ1v) is 20.9. The zero-order valence-electron chi connectivity index (χ0n) is 32.5. The molecule has 1 fully saturated rings. The van der Waals surface area contributed by atoms with Gasteiger partial charge in [-0.05, 0) is 82.3 Å². The van der Waals surface area contributed by atoms with Crippen molar-refractivity contribution in [1.82, 2.24) is 0 Å². The maximum Gasteiger partial charge on any atom is 0.405 e. The molecule has 7 rings (SSSR count). The first-order valence-electron chi connectivity index (χ1n) is 19.2. The summed E-state index contributed by atoms with van der Waals surface area (Å²) in [5.41, 5.74) is -2.79. The number of aryl methyl sites for hydroxylation is 1. The molecule has 6 aromatic carbocycles. The molecule has 6 aromatic rings. The lowest BCUT2D eigenvalue weighted by Gasteiger charge is -2.73. The highest BCUT2D eigenvalue weighted by atomic mass is 79.9. The van der Waals surface area contributed by atoms with Crippen molar-refractivity contribution < 1.29 is 17.6 Å². The van der Waals surface area contributed by atoms with Crippen LogP contribution in [-0.2, 0) is 16.5 Å². The summed E-state index contributed by atoms with van der Waals surface area (Å²) in [6.07, 6.45) is -5.17. The number of hydrogen-bond acceptors (Lipinski definition) is 0. The SMILES string of the molecule is Cc1ccc(C2(c3ccccc3)C(Cl)(CCl)C(c3ccccc3)(c3ccccc3C(C)C)C(F)(c3ccccc3)C(c3ccccc3)C2(Br)C(F)(F)F)c(C)c1C. The average Bonchev–Trinajstić information content (AvgIpc) is 3.22. The summed E-state index contributed by atoms with van der Waals surface area (Å²) in [7, 11) is 0. The van der Waals surface area contributed by atoms with Crippen molar-refractivity contribution in [2.45, 2.75) is 78.3 Å². The molecule has 0 aliphatic heterocycles. The van der Waals surface area contributed by atoms with Gasteiger partial charge in [-0.15, -0.1) is 23.2 Å². The minimum Gasteiger partial charge on any atom is -0.236 e. The third-order valence-electron chi connectivity index (χ3n) is 12.9. The van der Waals surface area contributed by atoms with Crippen LogP contribution in [-0.4, -0.2) is 21.3 Å². The van der Waals surface area contributed by atoms with E-state index in [1.165, 1.54) is 0 Å². The van der Waals surface area contributed by atoms with E-state index in [0.29, 0.717) is 22.3 Å². The number of halogens is 7. The predicted octanol–water partition coefficient (Wildman–Crippen LogP) is 14.6. The van der Waals surface area contributed by atoms with Crippen molar-refractivity contribution in [3.8, 4) is 0 Å². The standard InChI is InChI=1S/C50H45BrCl2F4/c1-33(2)41-28-18-19-29-43(41)46(38-22-12-7-13-23-38)45(53,32-52)47(39-24-14-8-15-25-39,42-31-30-34(3)35(4)36(42)5)49(51,50(55,56)57)44(37-20-10-6-11-21-37)48(46,54)40-26-16-9-17-27-40/h6-31,33,44H,32H2,1-5H3. The van der Waals surface area contributed by atoms with Crippen molar-refractivity contribution >= 4 is 39.1 Å². The van der Waals surface area contributed by atoms with Gasteiger partial charge in [0.25, 0.3) is 0 Å². The molecule has 6 unspecified atom stereocenters. The fourth-order valence-corrected chi connectivity index (χ4v) is 13.0. The molecular weight excluding hydrogens is 827 g/mol. The summed E-state index contributed by atoms with van der Waals surface area (Å²) in [4.78, 5) is -2.35. The Hall–Kier alpha value is -3.90. The zero-order valence-corrected chi connectivity index (χ0v) is 35.6. The lowest BCUT2D eigenvalue weighted by atomic mass is 9.35. The Bertz CT molecular complexity index is 2350. The first-order chi connectivity index (χ1) is 27.1. The average molecular weight is 873 g/mol. The molecule has 1 aliphatic rings. The Kier molecular flexibility index (Phi) is 10.9. The molecule has 1 saturated carbocycles. The number of benzene rings is 6. The molecule has 294 valence electrons. The third kappa shape index (κ3) is 5.51. The maximum absolute atomic E-state index is 21.4. The summed E-state index contributed by atoms with van der Waals surface area (Å²) in [5, 5.41) is 0. The summed E-state index contributed by atoms with van der Waals surface area (Å²) in [6, 6.07) is 45.3. The molecule has 0 aromatic heterocycles. The minimum absolute atomic E-state index is 0.0444. The van der Waals surface area contributed by atoms with Crippen molar-refractivity contribution in [1.29, 1.82) is 0 Å². The van der Waals surface area contributed by atoms with Crippen LogP contribution in [0.5, 0.6) is 0 Å². The number of hydrogen-bond donors (Lipinski definition) is 0. The number of alkyl halides is 7. The Morgan fingerprint density at radius 2 is 1.05 bits per heavy atom. The van der Waals surface area contributed by atoms with Gasteiger partial charge in [-0.1, -0.05) is 188 Å². The van der Waals surface area contributed by atoms with E-state index >= 15 is 17.6 Å². The molecule has 0 spiro atoms. The molecule has 7 heteroatoms. The van der Waals surface area contributed by atoms with E-state index in [1.807, 2.05) is 71.0 Å². The fraction of sp³-hybridized carbons (Fsp3) is 0.280. The van der Waals surface area contributed by atoms with Crippen molar-refractivity contribution in [2.75, 3.05) is 5.88 Å². The van der Waals surface area contributed by atoms with Crippen LogP contribution in [0.15, 0.2) is 158 Å². The third-order valence-corrected chi connectivity index (χ3v) is 15.6. The minimum atomic E-state index is -5.17. The molecule has 0 bridgehead atoms. The second-order valence-electron chi connectivity index (χ2n) is 15.7. The number of rotatable bonds is 8. The summed E-state index contributed by atoms with van der Waals surface area (Å²) in [6.45, 7) is 9.71. The van der Waals surface area contributed by atoms with Crippen LogP contribution in [0.1, 0.15) is 81.3 Å². The van der Waals surface area contributed by atoms with E-state index in [2.05, 4.69) is 15.9 Å². The van der Waals surface area contributed by atoms with Crippen LogP contribution < -0.4 is 0 Å². The highest BCUT2D eigenvalue weighted by Crippen LogP contribution is 2.82. The zero-order chi connectivity index (χ0) is 41.0. The molecule has 0 heterocycles. The second kappa shape index (κ2) is 15.0. The van der Waals surface area contributed by atoms with E-state index in [1.54, 1.807) is 121 Å². The highest BCUT2D eigenvalue weighted by molar-refractivity contribution is 9.10. The van der Waals surface area contributed by atoms with Gasteiger partial charge < -0.3 is 0 Å². The molecule has 1 aliphatic carbocycles. The normalized spacial score (nSPS) is 27.7. The monoisotopic (exact) mass is 870 g/mol. The Balaban J connectivity index is 1.95. The largest absolute Gasteiger partial charge is 0.405 e. The van der Waals surface area contributed by atoms with Gasteiger partial charge in [-0.2, -0.15) is 13.2 Å². The van der Waals surface area contributed by atoms with Gasteiger partial charge in [0.2, 0.25) is 0 Å². The van der Waals surface area contributed by atoms with Crippen molar-refractivity contribution in [3.63, 3.8) is 0 Å². The van der Waals surface area contributed by atoms with E-state index < -0.39 is 43.7 Å². The Labute approximate surface area is 352 Å². The van der Waals surface area contributed by atoms with E-state index in [-0.39, 0.29) is 22.6 Å². The van der Waals surface area contributed by atoms with Crippen LogP contribution >= 0.6 is 39.1 Å². The predicted molar refractivity (Wildman–Crippen MR) is 231 cm³/mol. The van der Waals surface area contributed by atoms with Crippen LogP contribution in [0.25, 0.3) is 0 Å². The van der Waals surface area contributed by atoms with Gasteiger partial charge in [0.15, 0.2) is 5.67 Å². The van der Waals surface area contributed by atoms with E-state index in [0.717, 1.165) is 16.7 Å². The van der Waals surface area contributed by atoms with Crippen LogP contribution in [0.2, 0.25) is 0 Å². The molecule has 0 saturated heterocycles. The molecule has 0 N–H and O–H groups in total. The summed E-state index contributed by atoms with van der Waals surface area (Å²) in [5.74, 6) is -2.79. The first kappa shape index (κ1) is 41.3. The maximum atomic E-state index is 21.4. The van der Waals surface area contributed by atoms with Gasteiger partial charge in [-0.3, -0.25) is 0 Å². The van der Waals surface area contributed by atoms with E-state index in [9.17, 15) is 0 Å². The quantitative estimate of drug-likeness (QED) is 0.106. The molecule has 0 amide bonds.